The SMILES string of the molecule is FC(F)c1cccc(-c2ccn(-c3cc(N4CCOCC4)c4sc(CN5CCOCC5)cc4n3)n2)c1. The average Bonchev–Trinajstić information content (AvgIpc) is 3.56. The fourth-order valence-electron chi connectivity index (χ4n) is 4.69. The number of benzene rings is 1. The Morgan fingerprint density at radius 3 is 2.50 bits per heavy atom. The standard InChI is InChI=1S/C26H27F2N5O2S/c27-26(28)19-3-1-2-18(14-19)21-4-5-33(30-21)24-16-23(32-8-12-35-13-9-32)25-22(29-24)15-20(36-25)17-31-6-10-34-11-7-31/h1-5,14-16,26H,6-13,17H2. The molecule has 0 amide bonds. The van der Waals surface area contributed by atoms with Crippen molar-refractivity contribution in [3.8, 4) is 17.1 Å². The van der Waals surface area contributed by atoms with Crippen molar-refractivity contribution in [1.82, 2.24) is 19.7 Å². The molecule has 3 aromatic heterocycles. The molecule has 10 heteroatoms. The van der Waals surface area contributed by atoms with E-state index in [0.29, 0.717) is 30.3 Å². The van der Waals surface area contributed by atoms with Crippen LogP contribution in [0.25, 0.3) is 27.3 Å². The van der Waals surface area contributed by atoms with Gasteiger partial charge in [0, 0.05) is 61.0 Å². The maximum absolute atomic E-state index is 13.2. The topological polar surface area (TPSA) is 55.7 Å². The van der Waals surface area contributed by atoms with Crippen LogP contribution >= 0.6 is 11.3 Å². The zero-order valence-corrected chi connectivity index (χ0v) is 20.6. The third kappa shape index (κ3) is 4.86. The number of thiophene rings is 1. The van der Waals surface area contributed by atoms with Crippen LogP contribution in [-0.4, -0.2) is 72.3 Å². The minimum Gasteiger partial charge on any atom is -0.379 e. The van der Waals surface area contributed by atoms with Crippen LogP contribution in [0, 0.1) is 0 Å². The highest BCUT2D eigenvalue weighted by Crippen LogP contribution is 2.36. The summed E-state index contributed by atoms with van der Waals surface area (Å²) < 4.78 is 40.4. The van der Waals surface area contributed by atoms with Gasteiger partial charge in [0.15, 0.2) is 5.82 Å². The minimum absolute atomic E-state index is 0.0118. The van der Waals surface area contributed by atoms with Gasteiger partial charge in [0.1, 0.15) is 0 Å². The van der Waals surface area contributed by atoms with E-state index in [4.69, 9.17) is 19.6 Å². The van der Waals surface area contributed by atoms with Crippen LogP contribution in [0.15, 0.2) is 48.7 Å². The average molecular weight is 512 g/mol. The van der Waals surface area contributed by atoms with Crippen LogP contribution in [0.5, 0.6) is 0 Å². The normalized spacial score (nSPS) is 17.4. The number of morpholine rings is 2. The molecule has 0 unspecified atom stereocenters. The molecular weight excluding hydrogens is 484 g/mol. The van der Waals surface area contributed by atoms with Crippen LogP contribution in [-0.2, 0) is 16.0 Å². The predicted octanol–water partition coefficient (Wildman–Crippen LogP) is 4.76. The first-order valence-electron chi connectivity index (χ1n) is 12.1. The summed E-state index contributed by atoms with van der Waals surface area (Å²) in [5, 5.41) is 4.69. The molecule has 1 aromatic carbocycles. The van der Waals surface area contributed by atoms with E-state index in [2.05, 4.69) is 21.9 Å². The van der Waals surface area contributed by atoms with Gasteiger partial charge in [-0.15, -0.1) is 11.3 Å². The van der Waals surface area contributed by atoms with E-state index < -0.39 is 6.43 Å². The molecule has 0 aliphatic carbocycles. The number of halogens is 2. The van der Waals surface area contributed by atoms with Crippen molar-refractivity contribution in [1.29, 1.82) is 0 Å². The zero-order valence-electron chi connectivity index (χ0n) is 19.8. The molecule has 7 nitrogen and oxygen atoms in total. The van der Waals surface area contributed by atoms with Crippen molar-refractivity contribution in [3.05, 3.63) is 59.1 Å². The molecule has 4 aromatic rings. The second kappa shape index (κ2) is 10.2. The molecule has 6 rings (SSSR count). The van der Waals surface area contributed by atoms with Crippen molar-refractivity contribution in [3.63, 3.8) is 0 Å². The Hall–Kier alpha value is -2.92. The molecular formula is C26H27F2N5O2S. The molecule has 0 atom stereocenters. The summed E-state index contributed by atoms with van der Waals surface area (Å²) in [4.78, 5) is 11.0. The Labute approximate surface area is 211 Å². The van der Waals surface area contributed by atoms with Crippen molar-refractivity contribution >= 4 is 27.2 Å². The summed E-state index contributed by atoms with van der Waals surface area (Å²) in [6.07, 6.45) is -0.680. The molecule has 5 heterocycles. The van der Waals surface area contributed by atoms with E-state index in [1.54, 1.807) is 28.2 Å². The summed E-state index contributed by atoms with van der Waals surface area (Å²) in [5.41, 5.74) is 3.35. The molecule has 188 valence electrons. The highest BCUT2D eigenvalue weighted by Gasteiger charge is 2.20. The molecule has 2 aliphatic rings. The maximum atomic E-state index is 13.2. The number of hydrogen-bond donors (Lipinski definition) is 0. The molecule has 2 fully saturated rings. The van der Waals surface area contributed by atoms with Crippen molar-refractivity contribution < 1.29 is 18.3 Å². The van der Waals surface area contributed by atoms with Gasteiger partial charge >= 0.3 is 0 Å². The highest BCUT2D eigenvalue weighted by molar-refractivity contribution is 7.19. The minimum atomic E-state index is -2.52. The van der Waals surface area contributed by atoms with Crippen molar-refractivity contribution in [2.75, 3.05) is 57.5 Å². The number of anilines is 1. The number of alkyl halides is 2. The van der Waals surface area contributed by atoms with Gasteiger partial charge in [-0.25, -0.2) is 18.4 Å². The second-order valence-electron chi connectivity index (χ2n) is 8.99. The van der Waals surface area contributed by atoms with Crippen LogP contribution in [0.1, 0.15) is 16.9 Å². The molecule has 2 aliphatic heterocycles. The van der Waals surface area contributed by atoms with Crippen LogP contribution in [0.2, 0.25) is 0 Å². The molecule has 36 heavy (non-hydrogen) atoms. The Kier molecular flexibility index (Phi) is 6.66. The maximum Gasteiger partial charge on any atom is 0.263 e. The van der Waals surface area contributed by atoms with Gasteiger partial charge in [-0.1, -0.05) is 18.2 Å². The molecule has 0 bridgehead atoms. The number of nitrogens with zero attached hydrogens (tertiary/aromatic N) is 5. The molecule has 0 spiro atoms. The monoisotopic (exact) mass is 511 g/mol. The lowest BCUT2D eigenvalue weighted by Gasteiger charge is -2.29. The van der Waals surface area contributed by atoms with E-state index >= 15 is 0 Å². The summed E-state index contributed by atoms with van der Waals surface area (Å²) in [6.45, 7) is 7.32. The van der Waals surface area contributed by atoms with Gasteiger partial charge in [-0.3, -0.25) is 4.90 Å². The second-order valence-corrected chi connectivity index (χ2v) is 10.1. The van der Waals surface area contributed by atoms with E-state index in [1.165, 1.54) is 21.7 Å². The number of aromatic nitrogens is 3. The van der Waals surface area contributed by atoms with Crippen LogP contribution < -0.4 is 4.90 Å². The van der Waals surface area contributed by atoms with Gasteiger partial charge in [-0.05, 0) is 18.2 Å². The summed E-state index contributed by atoms with van der Waals surface area (Å²) >= 11 is 1.79. The third-order valence-electron chi connectivity index (χ3n) is 6.59. The van der Waals surface area contributed by atoms with E-state index in [9.17, 15) is 8.78 Å². The highest BCUT2D eigenvalue weighted by atomic mass is 32.1. The Balaban J connectivity index is 1.37. The summed E-state index contributed by atoms with van der Waals surface area (Å²) in [5.74, 6) is 0.705. The zero-order chi connectivity index (χ0) is 24.5. The number of pyridine rings is 1. The number of rotatable bonds is 6. The number of hydrogen-bond acceptors (Lipinski definition) is 7. The van der Waals surface area contributed by atoms with Gasteiger partial charge in [0.2, 0.25) is 0 Å². The fourth-order valence-corrected chi connectivity index (χ4v) is 5.88. The number of fused-ring (bicyclic) bond motifs is 1. The molecule has 0 N–H and O–H groups in total. The quantitative estimate of drug-likeness (QED) is 0.372. The van der Waals surface area contributed by atoms with Gasteiger partial charge in [0.25, 0.3) is 6.43 Å². The Morgan fingerprint density at radius 2 is 1.72 bits per heavy atom. The first-order valence-corrected chi connectivity index (χ1v) is 13.0. The molecule has 2 saturated heterocycles. The molecule has 0 saturated carbocycles. The Bertz CT molecular complexity index is 1350. The van der Waals surface area contributed by atoms with Crippen molar-refractivity contribution in [2.24, 2.45) is 0 Å². The van der Waals surface area contributed by atoms with E-state index in [-0.39, 0.29) is 5.56 Å². The predicted molar refractivity (Wildman–Crippen MR) is 136 cm³/mol. The van der Waals surface area contributed by atoms with Crippen molar-refractivity contribution in [2.45, 2.75) is 13.0 Å². The third-order valence-corrected chi connectivity index (χ3v) is 7.72. The van der Waals surface area contributed by atoms with Crippen LogP contribution in [0.3, 0.4) is 0 Å². The summed E-state index contributed by atoms with van der Waals surface area (Å²) in [7, 11) is 0. The first kappa shape index (κ1) is 23.5. The Morgan fingerprint density at radius 1 is 0.944 bits per heavy atom. The largest absolute Gasteiger partial charge is 0.379 e. The lowest BCUT2D eigenvalue weighted by molar-refractivity contribution is 0.0346. The lowest BCUT2D eigenvalue weighted by Crippen LogP contribution is -2.36. The van der Waals surface area contributed by atoms with Crippen LogP contribution in [0.4, 0.5) is 14.5 Å². The smallest absolute Gasteiger partial charge is 0.263 e. The number of ether oxygens (including phenoxy) is 2. The van der Waals surface area contributed by atoms with Gasteiger partial charge in [0.05, 0.1) is 48.0 Å². The van der Waals surface area contributed by atoms with E-state index in [0.717, 1.165) is 57.1 Å². The van der Waals surface area contributed by atoms with Gasteiger partial charge < -0.3 is 14.4 Å². The molecule has 0 radical (unpaired) electrons. The van der Waals surface area contributed by atoms with E-state index in [1.807, 2.05) is 12.3 Å². The van der Waals surface area contributed by atoms with Gasteiger partial charge in [-0.2, -0.15) is 5.10 Å². The lowest BCUT2D eigenvalue weighted by atomic mass is 10.1. The fraction of sp³-hybridized carbons (Fsp3) is 0.385. The first-order chi connectivity index (χ1) is 17.6. The summed E-state index contributed by atoms with van der Waals surface area (Å²) in [6, 6.07) is 12.4.